The van der Waals surface area contributed by atoms with Crippen molar-refractivity contribution in [2.75, 3.05) is 0 Å². The number of ketones is 1. The van der Waals surface area contributed by atoms with Crippen LogP contribution in [0.2, 0.25) is 0 Å². The highest BCUT2D eigenvalue weighted by Gasteiger charge is 1.99. The number of primary amides is 1. The van der Waals surface area contributed by atoms with Crippen LogP contribution in [0.3, 0.4) is 0 Å². The van der Waals surface area contributed by atoms with E-state index in [1.165, 1.54) is 0 Å². The average Bonchev–Trinajstić information content (AvgIpc) is 1.65. The Bertz CT molecular complexity index is 130. The summed E-state index contributed by atoms with van der Waals surface area (Å²) in [4.78, 5) is 19.9. The molecule has 3 N–H and O–H groups in total. The van der Waals surface area contributed by atoms with Crippen LogP contribution in [0.1, 0.15) is 6.42 Å². The third kappa shape index (κ3) is 3.02. The molecular formula is C4H6N2O2. The van der Waals surface area contributed by atoms with E-state index in [1.807, 2.05) is 0 Å². The van der Waals surface area contributed by atoms with Crippen LogP contribution in [0, 0.1) is 5.41 Å². The molecule has 4 heteroatoms. The average molecular weight is 114 g/mol. The van der Waals surface area contributed by atoms with Gasteiger partial charge in [-0.25, -0.2) is 0 Å². The molecule has 0 atom stereocenters. The predicted molar refractivity (Wildman–Crippen MR) is 27.6 cm³/mol. The molecule has 0 spiro atoms. The normalized spacial score (nSPS) is 8.00. The Morgan fingerprint density at radius 3 is 2.25 bits per heavy atom. The summed E-state index contributed by atoms with van der Waals surface area (Å²) < 4.78 is 0. The maximum atomic E-state index is 10.1. The van der Waals surface area contributed by atoms with Gasteiger partial charge in [-0.1, -0.05) is 0 Å². The monoisotopic (exact) mass is 114 g/mol. The topological polar surface area (TPSA) is 84.0 Å². The Labute approximate surface area is 46.2 Å². The van der Waals surface area contributed by atoms with Crippen molar-refractivity contribution in [3.8, 4) is 0 Å². The zero-order valence-corrected chi connectivity index (χ0v) is 4.18. The van der Waals surface area contributed by atoms with Gasteiger partial charge in [0.1, 0.15) is 0 Å². The minimum Gasteiger partial charge on any atom is -0.369 e. The summed E-state index contributed by atoms with van der Waals surface area (Å²) in [5.74, 6) is -1.25. The maximum Gasteiger partial charge on any atom is 0.225 e. The van der Waals surface area contributed by atoms with Crippen molar-refractivity contribution in [3.63, 3.8) is 0 Å². The van der Waals surface area contributed by atoms with E-state index in [9.17, 15) is 9.59 Å². The van der Waals surface area contributed by atoms with Crippen LogP contribution < -0.4 is 5.73 Å². The number of carbonyl (C=O) groups is 2. The number of hydrogen-bond donors (Lipinski definition) is 2. The quantitative estimate of drug-likeness (QED) is 0.367. The minimum atomic E-state index is -0.696. The molecule has 1 amide bonds. The zero-order chi connectivity index (χ0) is 6.57. The summed E-state index contributed by atoms with van der Waals surface area (Å²) in [6, 6.07) is 0. The van der Waals surface area contributed by atoms with Crippen LogP contribution in [0.4, 0.5) is 0 Å². The number of hydrogen-bond acceptors (Lipinski definition) is 3. The van der Waals surface area contributed by atoms with Crippen molar-refractivity contribution in [2.24, 2.45) is 5.73 Å². The van der Waals surface area contributed by atoms with Crippen LogP contribution >= 0.6 is 0 Å². The highest BCUT2D eigenvalue weighted by atomic mass is 16.2. The first-order chi connectivity index (χ1) is 3.66. The molecule has 0 bridgehead atoms. The third-order valence-electron chi connectivity index (χ3n) is 0.509. The van der Waals surface area contributed by atoms with Gasteiger partial charge in [-0.2, -0.15) is 0 Å². The minimum absolute atomic E-state index is 0.358. The Morgan fingerprint density at radius 1 is 1.62 bits per heavy atom. The number of amides is 1. The fourth-order valence-electron chi connectivity index (χ4n) is 0.223. The van der Waals surface area contributed by atoms with E-state index in [-0.39, 0.29) is 6.42 Å². The van der Waals surface area contributed by atoms with Crippen molar-refractivity contribution in [1.29, 1.82) is 5.41 Å². The summed E-state index contributed by atoms with van der Waals surface area (Å²) in [7, 11) is 0. The van der Waals surface area contributed by atoms with E-state index < -0.39 is 11.7 Å². The number of nitrogens with one attached hydrogen (secondary N) is 1. The molecule has 0 aromatic rings. The fraction of sp³-hybridized carbons (Fsp3) is 0.250. The zero-order valence-electron chi connectivity index (χ0n) is 4.18. The van der Waals surface area contributed by atoms with Crippen molar-refractivity contribution in [1.82, 2.24) is 0 Å². The van der Waals surface area contributed by atoms with Crippen LogP contribution in [-0.4, -0.2) is 17.9 Å². The molecule has 4 nitrogen and oxygen atoms in total. The van der Waals surface area contributed by atoms with Crippen molar-refractivity contribution in [2.45, 2.75) is 6.42 Å². The van der Waals surface area contributed by atoms with E-state index in [0.717, 1.165) is 0 Å². The second kappa shape index (κ2) is 2.90. The lowest BCUT2D eigenvalue weighted by molar-refractivity contribution is -0.123. The van der Waals surface area contributed by atoms with E-state index in [0.29, 0.717) is 6.21 Å². The standard InChI is InChI=1S/C4H6N2O2/c5-2-3(7)1-4(6)8/h2,5H,1H2,(H2,6,8). The van der Waals surface area contributed by atoms with Crippen molar-refractivity contribution >= 4 is 17.9 Å². The number of rotatable bonds is 3. The maximum absolute atomic E-state index is 10.1. The molecule has 0 fully saturated rings. The van der Waals surface area contributed by atoms with Crippen LogP contribution in [0.25, 0.3) is 0 Å². The summed E-state index contributed by atoms with van der Waals surface area (Å²) in [5, 5.41) is 6.32. The van der Waals surface area contributed by atoms with Crippen molar-refractivity contribution < 1.29 is 9.59 Å². The molecule has 0 aromatic heterocycles. The van der Waals surface area contributed by atoms with Gasteiger partial charge in [-0.3, -0.25) is 9.59 Å². The summed E-state index contributed by atoms with van der Waals surface area (Å²) in [6.07, 6.45) is 0.217. The Hall–Kier alpha value is -1.19. The Balaban J connectivity index is 3.55. The summed E-state index contributed by atoms with van der Waals surface area (Å²) in [6.45, 7) is 0. The molecule has 0 heterocycles. The molecule has 0 saturated heterocycles. The molecule has 0 unspecified atom stereocenters. The molecule has 8 heavy (non-hydrogen) atoms. The highest BCUT2D eigenvalue weighted by molar-refractivity contribution is 6.30. The first-order valence-corrected chi connectivity index (χ1v) is 1.98. The van der Waals surface area contributed by atoms with Gasteiger partial charge in [0.25, 0.3) is 0 Å². The molecule has 44 valence electrons. The van der Waals surface area contributed by atoms with E-state index >= 15 is 0 Å². The largest absolute Gasteiger partial charge is 0.369 e. The molecule has 0 aromatic carbocycles. The predicted octanol–water partition coefficient (Wildman–Crippen LogP) is -0.920. The van der Waals surface area contributed by atoms with Crippen LogP contribution in [0.5, 0.6) is 0 Å². The number of carbonyl (C=O) groups excluding carboxylic acids is 2. The first kappa shape index (κ1) is 6.81. The van der Waals surface area contributed by atoms with Gasteiger partial charge < -0.3 is 11.1 Å². The van der Waals surface area contributed by atoms with Gasteiger partial charge in [0, 0.05) is 0 Å². The van der Waals surface area contributed by atoms with Gasteiger partial charge >= 0.3 is 0 Å². The summed E-state index contributed by atoms with van der Waals surface area (Å²) >= 11 is 0. The van der Waals surface area contributed by atoms with Crippen LogP contribution in [-0.2, 0) is 9.59 Å². The Kier molecular flexibility index (Phi) is 2.47. The number of Topliss-reactive ketones (excluding diaryl/α,β-unsaturated/α-hetero) is 1. The van der Waals surface area contributed by atoms with Gasteiger partial charge in [0.05, 0.1) is 12.6 Å². The second-order valence-electron chi connectivity index (χ2n) is 1.25. The van der Waals surface area contributed by atoms with E-state index in [4.69, 9.17) is 5.41 Å². The molecule has 0 radical (unpaired) electrons. The first-order valence-electron chi connectivity index (χ1n) is 1.98. The molecular weight excluding hydrogens is 108 g/mol. The van der Waals surface area contributed by atoms with Gasteiger partial charge in [0.15, 0.2) is 5.78 Å². The lowest BCUT2D eigenvalue weighted by Crippen LogP contribution is -2.16. The molecule has 0 aliphatic carbocycles. The third-order valence-corrected chi connectivity index (χ3v) is 0.509. The Morgan fingerprint density at radius 2 is 2.12 bits per heavy atom. The molecule has 0 rings (SSSR count). The number of nitrogens with two attached hydrogens (primary N) is 1. The lowest BCUT2D eigenvalue weighted by Gasteiger charge is -1.83. The summed E-state index contributed by atoms with van der Waals surface area (Å²) in [5.41, 5.74) is 4.61. The molecule has 0 aliphatic heterocycles. The van der Waals surface area contributed by atoms with Crippen molar-refractivity contribution in [3.05, 3.63) is 0 Å². The van der Waals surface area contributed by atoms with E-state index in [2.05, 4.69) is 5.73 Å². The SMILES string of the molecule is N=CC(=O)CC(N)=O. The van der Waals surface area contributed by atoms with E-state index in [1.54, 1.807) is 0 Å². The lowest BCUT2D eigenvalue weighted by atomic mass is 10.3. The van der Waals surface area contributed by atoms with Gasteiger partial charge in [-0.05, 0) is 0 Å². The smallest absolute Gasteiger partial charge is 0.225 e. The second-order valence-corrected chi connectivity index (χ2v) is 1.25. The van der Waals surface area contributed by atoms with Crippen LogP contribution in [0.15, 0.2) is 0 Å². The van der Waals surface area contributed by atoms with Gasteiger partial charge in [-0.15, -0.1) is 0 Å². The molecule has 0 saturated carbocycles. The van der Waals surface area contributed by atoms with Gasteiger partial charge in [0.2, 0.25) is 5.91 Å². The fourth-order valence-corrected chi connectivity index (χ4v) is 0.223. The molecule has 0 aliphatic rings. The highest BCUT2D eigenvalue weighted by Crippen LogP contribution is 1.73.